The summed E-state index contributed by atoms with van der Waals surface area (Å²) in [5, 5.41) is 0. The van der Waals surface area contributed by atoms with E-state index in [2.05, 4.69) is 16.8 Å². The summed E-state index contributed by atoms with van der Waals surface area (Å²) in [5.74, 6) is 3.14. The average molecular weight is 413 g/mol. The number of rotatable bonds is 12. The Labute approximate surface area is 182 Å². The van der Waals surface area contributed by atoms with Gasteiger partial charge >= 0.3 is 0 Å². The van der Waals surface area contributed by atoms with Gasteiger partial charge in [-0.25, -0.2) is 0 Å². The Hall–Kier alpha value is -1.42. The standard InChI is InChI=1S/C26H40N2O2/c1-2-3-4-11-28(25(29)20-30-13-7-21-5-9-27-10-6-21)12-8-26-17-22-14-23(18-26)16-24(15-22)19-26/h5-6,9-10,22-24H,2-4,7-8,11-20H2,1H3. The van der Waals surface area contributed by atoms with Crippen LogP contribution in [0.25, 0.3) is 0 Å². The van der Waals surface area contributed by atoms with Crippen LogP contribution in [0.1, 0.15) is 76.7 Å². The summed E-state index contributed by atoms with van der Waals surface area (Å²) in [6.07, 6.45) is 17.9. The van der Waals surface area contributed by atoms with E-state index in [4.69, 9.17) is 4.74 Å². The molecule has 30 heavy (non-hydrogen) atoms. The van der Waals surface area contributed by atoms with Crippen LogP contribution in [0.15, 0.2) is 24.5 Å². The normalized spacial score (nSPS) is 29.3. The van der Waals surface area contributed by atoms with Crippen LogP contribution in [0.3, 0.4) is 0 Å². The van der Waals surface area contributed by atoms with Crippen molar-refractivity contribution < 1.29 is 9.53 Å². The smallest absolute Gasteiger partial charge is 0.248 e. The SMILES string of the molecule is CCCCCN(CCC12CC3CC(CC(C3)C1)C2)C(=O)COCCc1ccncc1. The summed E-state index contributed by atoms with van der Waals surface area (Å²) >= 11 is 0. The highest BCUT2D eigenvalue weighted by molar-refractivity contribution is 5.77. The van der Waals surface area contributed by atoms with Gasteiger partial charge in [0.05, 0.1) is 6.61 Å². The van der Waals surface area contributed by atoms with Gasteiger partial charge in [-0.15, -0.1) is 0 Å². The highest BCUT2D eigenvalue weighted by Crippen LogP contribution is 2.61. The zero-order valence-corrected chi connectivity index (χ0v) is 18.9. The molecule has 4 heteroatoms. The van der Waals surface area contributed by atoms with E-state index in [9.17, 15) is 4.79 Å². The van der Waals surface area contributed by atoms with E-state index in [-0.39, 0.29) is 12.5 Å². The van der Waals surface area contributed by atoms with Crippen LogP contribution >= 0.6 is 0 Å². The molecule has 166 valence electrons. The largest absolute Gasteiger partial charge is 0.371 e. The highest BCUT2D eigenvalue weighted by Gasteiger charge is 2.50. The molecule has 1 aromatic heterocycles. The number of nitrogens with zero attached hydrogens (tertiary/aromatic N) is 2. The number of hydrogen-bond donors (Lipinski definition) is 0. The van der Waals surface area contributed by atoms with Crippen LogP contribution in [0.5, 0.6) is 0 Å². The van der Waals surface area contributed by atoms with Crippen molar-refractivity contribution in [3.05, 3.63) is 30.1 Å². The van der Waals surface area contributed by atoms with Gasteiger partial charge < -0.3 is 9.64 Å². The number of carbonyl (C=O) groups is 1. The quantitative estimate of drug-likeness (QED) is 0.439. The van der Waals surface area contributed by atoms with Crippen molar-refractivity contribution in [2.45, 2.75) is 77.6 Å². The average Bonchev–Trinajstić information content (AvgIpc) is 2.73. The predicted octanol–water partition coefficient (Wildman–Crippen LogP) is 5.27. The van der Waals surface area contributed by atoms with Crippen LogP contribution < -0.4 is 0 Å². The number of unbranched alkanes of at least 4 members (excludes halogenated alkanes) is 2. The third-order valence-corrected chi connectivity index (χ3v) is 7.97. The molecule has 0 aliphatic heterocycles. The fourth-order valence-electron chi connectivity index (χ4n) is 6.87. The number of pyridine rings is 1. The van der Waals surface area contributed by atoms with Crippen molar-refractivity contribution in [1.82, 2.24) is 9.88 Å². The molecule has 1 aromatic rings. The number of aromatic nitrogens is 1. The summed E-state index contributed by atoms with van der Waals surface area (Å²) in [5.41, 5.74) is 1.75. The molecule has 4 aliphatic carbocycles. The van der Waals surface area contributed by atoms with Gasteiger partial charge in [0.15, 0.2) is 0 Å². The van der Waals surface area contributed by atoms with Gasteiger partial charge in [-0.05, 0) is 98.7 Å². The van der Waals surface area contributed by atoms with Gasteiger partial charge in [0.25, 0.3) is 0 Å². The van der Waals surface area contributed by atoms with Crippen LogP contribution in [-0.2, 0) is 16.0 Å². The molecule has 5 rings (SSSR count). The number of carbonyl (C=O) groups excluding carboxylic acids is 1. The lowest BCUT2D eigenvalue weighted by Gasteiger charge is -2.57. The van der Waals surface area contributed by atoms with E-state index in [1.807, 2.05) is 12.1 Å². The van der Waals surface area contributed by atoms with Gasteiger partial charge in [-0.1, -0.05) is 19.8 Å². The molecular weight excluding hydrogens is 372 g/mol. The Morgan fingerprint density at radius 3 is 2.37 bits per heavy atom. The lowest BCUT2D eigenvalue weighted by atomic mass is 9.49. The first-order chi connectivity index (χ1) is 14.7. The molecule has 1 heterocycles. The van der Waals surface area contributed by atoms with Crippen molar-refractivity contribution in [3.8, 4) is 0 Å². The molecule has 4 aliphatic rings. The molecule has 1 amide bonds. The second-order valence-corrected chi connectivity index (χ2v) is 10.4. The van der Waals surface area contributed by atoms with E-state index < -0.39 is 0 Å². The van der Waals surface area contributed by atoms with Gasteiger partial charge in [-0.2, -0.15) is 0 Å². The monoisotopic (exact) mass is 412 g/mol. The molecule has 4 fully saturated rings. The predicted molar refractivity (Wildman–Crippen MR) is 120 cm³/mol. The van der Waals surface area contributed by atoms with Crippen molar-refractivity contribution in [2.24, 2.45) is 23.2 Å². The molecule has 0 unspecified atom stereocenters. The van der Waals surface area contributed by atoms with E-state index >= 15 is 0 Å². The van der Waals surface area contributed by atoms with Gasteiger partial charge in [0, 0.05) is 25.5 Å². The van der Waals surface area contributed by atoms with Crippen molar-refractivity contribution in [3.63, 3.8) is 0 Å². The fourth-order valence-corrected chi connectivity index (χ4v) is 6.87. The fraction of sp³-hybridized carbons (Fsp3) is 0.769. The molecule has 0 spiro atoms. The Morgan fingerprint density at radius 1 is 1.07 bits per heavy atom. The Balaban J connectivity index is 1.26. The minimum absolute atomic E-state index is 0.186. The molecule has 0 N–H and O–H groups in total. The van der Waals surface area contributed by atoms with Crippen LogP contribution in [-0.4, -0.2) is 42.1 Å². The van der Waals surface area contributed by atoms with Gasteiger partial charge in [-0.3, -0.25) is 9.78 Å². The second kappa shape index (κ2) is 10.3. The molecule has 4 bridgehead atoms. The zero-order valence-electron chi connectivity index (χ0n) is 18.9. The van der Waals surface area contributed by atoms with Gasteiger partial charge in [0.1, 0.15) is 6.61 Å². The van der Waals surface area contributed by atoms with Crippen LogP contribution in [0, 0.1) is 23.2 Å². The summed E-state index contributed by atoms with van der Waals surface area (Å²) in [6.45, 7) is 4.87. The minimum Gasteiger partial charge on any atom is -0.371 e. The third-order valence-electron chi connectivity index (χ3n) is 7.97. The molecule has 0 aromatic carbocycles. The first kappa shape index (κ1) is 21.8. The maximum atomic E-state index is 13.0. The summed E-state index contributed by atoms with van der Waals surface area (Å²) in [7, 11) is 0. The first-order valence-corrected chi connectivity index (χ1v) is 12.4. The topological polar surface area (TPSA) is 42.4 Å². The lowest BCUT2D eigenvalue weighted by molar-refractivity contribution is -0.137. The Kier molecular flexibility index (Phi) is 7.45. The first-order valence-electron chi connectivity index (χ1n) is 12.4. The van der Waals surface area contributed by atoms with Crippen molar-refractivity contribution in [2.75, 3.05) is 26.3 Å². The van der Waals surface area contributed by atoms with E-state index in [0.717, 1.165) is 43.7 Å². The van der Waals surface area contributed by atoms with E-state index in [0.29, 0.717) is 12.0 Å². The Bertz CT molecular complexity index is 640. The van der Waals surface area contributed by atoms with Gasteiger partial charge in [0.2, 0.25) is 5.91 Å². The molecule has 0 radical (unpaired) electrons. The maximum Gasteiger partial charge on any atom is 0.248 e. The molecule has 0 atom stereocenters. The molecule has 0 saturated heterocycles. The van der Waals surface area contributed by atoms with E-state index in [1.54, 1.807) is 12.4 Å². The molecule has 4 saturated carbocycles. The van der Waals surface area contributed by atoms with Crippen LogP contribution in [0.4, 0.5) is 0 Å². The number of hydrogen-bond acceptors (Lipinski definition) is 3. The maximum absolute atomic E-state index is 13.0. The second-order valence-electron chi connectivity index (χ2n) is 10.4. The Morgan fingerprint density at radius 2 is 1.73 bits per heavy atom. The summed E-state index contributed by atoms with van der Waals surface area (Å²) < 4.78 is 5.77. The lowest BCUT2D eigenvalue weighted by Crippen LogP contribution is -2.48. The zero-order chi connectivity index (χ0) is 20.8. The van der Waals surface area contributed by atoms with Crippen molar-refractivity contribution in [1.29, 1.82) is 0 Å². The van der Waals surface area contributed by atoms with Crippen molar-refractivity contribution >= 4 is 5.91 Å². The number of amides is 1. The third kappa shape index (κ3) is 5.63. The summed E-state index contributed by atoms with van der Waals surface area (Å²) in [4.78, 5) is 19.1. The minimum atomic E-state index is 0.186. The number of ether oxygens (including phenoxy) is 1. The molecular formula is C26H40N2O2. The van der Waals surface area contributed by atoms with Crippen LogP contribution in [0.2, 0.25) is 0 Å². The molecule has 4 nitrogen and oxygen atoms in total. The van der Waals surface area contributed by atoms with E-state index in [1.165, 1.54) is 63.4 Å². The summed E-state index contributed by atoms with van der Waals surface area (Å²) in [6, 6.07) is 4.02. The highest BCUT2D eigenvalue weighted by atomic mass is 16.5.